The van der Waals surface area contributed by atoms with Crippen molar-refractivity contribution in [2.24, 2.45) is 5.92 Å². The Labute approximate surface area is 134 Å². The Bertz CT molecular complexity index is 670. The van der Waals surface area contributed by atoms with E-state index in [4.69, 9.17) is 11.6 Å². The summed E-state index contributed by atoms with van der Waals surface area (Å²) in [6.45, 7) is 0.201. The molecular weight excluding hydrogens is 298 g/mol. The van der Waals surface area contributed by atoms with Gasteiger partial charge < -0.3 is 10.4 Å². The third-order valence-corrected chi connectivity index (χ3v) is 4.37. The molecule has 1 unspecified atom stereocenters. The summed E-state index contributed by atoms with van der Waals surface area (Å²) in [5, 5.41) is 14.4. The van der Waals surface area contributed by atoms with E-state index in [1.54, 1.807) is 24.3 Å². The molecule has 1 aliphatic rings. The van der Waals surface area contributed by atoms with Gasteiger partial charge in [-0.3, -0.25) is 4.79 Å². The number of carbonyl (C=O) groups is 1. The van der Waals surface area contributed by atoms with Crippen LogP contribution in [0.3, 0.4) is 0 Å². The second-order valence-electron chi connectivity index (χ2n) is 5.76. The molecule has 2 aromatic rings. The van der Waals surface area contributed by atoms with Gasteiger partial charge in [0.15, 0.2) is 0 Å². The molecule has 1 atom stereocenters. The maximum atomic E-state index is 12.2. The molecule has 2 aromatic carbocycles. The van der Waals surface area contributed by atoms with E-state index in [0.717, 1.165) is 18.4 Å². The van der Waals surface area contributed by atoms with Gasteiger partial charge in [0, 0.05) is 10.6 Å². The highest BCUT2D eigenvalue weighted by Gasteiger charge is 2.45. The lowest BCUT2D eigenvalue weighted by Crippen LogP contribution is -2.42. The van der Waals surface area contributed by atoms with Crippen LogP contribution in [0.25, 0.3) is 0 Å². The third kappa shape index (κ3) is 3.16. The van der Waals surface area contributed by atoms with Crippen molar-refractivity contribution < 1.29 is 9.90 Å². The van der Waals surface area contributed by atoms with Crippen LogP contribution in [0, 0.1) is 5.92 Å². The van der Waals surface area contributed by atoms with Gasteiger partial charge in [0.2, 0.25) is 0 Å². The zero-order valence-corrected chi connectivity index (χ0v) is 12.9. The van der Waals surface area contributed by atoms with Crippen LogP contribution in [0.2, 0.25) is 5.02 Å². The number of nitrogens with one attached hydrogen (secondary N) is 1. The summed E-state index contributed by atoms with van der Waals surface area (Å²) in [4.78, 5) is 12.2. The molecule has 3 nitrogen and oxygen atoms in total. The first-order valence-electron chi connectivity index (χ1n) is 7.41. The highest BCUT2D eigenvalue weighted by Crippen LogP contribution is 2.45. The van der Waals surface area contributed by atoms with E-state index < -0.39 is 5.60 Å². The third-order valence-electron chi connectivity index (χ3n) is 4.13. The van der Waals surface area contributed by atoms with Crippen LogP contribution in [-0.4, -0.2) is 17.6 Å². The second kappa shape index (κ2) is 6.11. The molecule has 0 spiro atoms. The normalized spacial score (nSPS) is 16.8. The van der Waals surface area contributed by atoms with Gasteiger partial charge in [-0.2, -0.15) is 0 Å². The average Bonchev–Trinajstić information content (AvgIpc) is 3.38. The molecule has 2 N–H and O–H groups in total. The lowest BCUT2D eigenvalue weighted by atomic mass is 9.88. The summed E-state index contributed by atoms with van der Waals surface area (Å²) < 4.78 is 0. The molecule has 0 heterocycles. The zero-order valence-electron chi connectivity index (χ0n) is 12.1. The van der Waals surface area contributed by atoms with Crippen molar-refractivity contribution in [2.45, 2.75) is 18.4 Å². The number of halogens is 1. The van der Waals surface area contributed by atoms with Gasteiger partial charge in [-0.1, -0.05) is 48.0 Å². The molecule has 1 aliphatic carbocycles. The van der Waals surface area contributed by atoms with Crippen LogP contribution in [0.4, 0.5) is 0 Å². The summed E-state index contributed by atoms with van der Waals surface area (Å²) in [6.07, 6.45) is 1.97. The highest BCUT2D eigenvalue weighted by molar-refractivity contribution is 6.30. The molecular formula is C18H18ClNO2. The maximum absolute atomic E-state index is 12.2. The van der Waals surface area contributed by atoms with E-state index >= 15 is 0 Å². The number of amides is 1. The van der Waals surface area contributed by atoms with Crippen molar-refractivity contribution in [2.75, 3.05) is 6.54 Å². The van der Waals surface area contributed by atoms with Gasteiger partial charge in [0.25, 0.3) is 5.91 Å². The molecule has 0 aliphatic heterocycles. The van der Waals surface area contributed by atoms with E-state index in [-0.39, 0.29) is 18.4 Å². The summed E-state index contributed by atoms with van der Waals surface area (Å²) in [6, 6.07) is 16.3. The minimum Gasteiger partial charge on any atom is -0.383 e. The fourth-order valence-electron chi connectivity index (χ4n) is 2.72. The van der Waals surface area contributed by atoms with Crippen molar-refractivity contribution in [3.63, 3.8) is 0 Å². The first-order chi connectivity index (χ1) is 10.6. The Morgan fingerprint density at radius 3 is 2.55 bits per heavy atom. The molecule has 3 rings (SSSR count). The largest absolute Gasteiger partial charge is 0.383 e. The number of rotatable bonds is 5. The summed E-state index contributed by atoms with van der Waals surface area (Å²) in [7, 11) is 0. The van der Waals surface area contributed by atoms with Gasteiger partial charge in [0.05, 0.1) is 6.54 Å². The van der Waals surface area contributed by atoms with E-state index in [1.807, 2.05) is 30.3 Å². The zero-order chi connectivity index (χ0) is 15.6. The van der Waals surface area contributed by atoms with Crippen LogP contribution in [0.5, 0.6) is 0 Å². The Hall–Kier alpha value is -1.84. The molecule has 0 saturated heterocycles. The Balaban J connectivity index is 1.74. The predicted molar refractivity (Wildman–Crippen MR) is 86.8 cm³/mol. The van der Waals surface area contributed by atoms with Crippen LogP contribution in [0.1, 0.15) is 28.8 Å². The van der Waals surface area contributed by atoms with E-state index in [1.165, 1.54) is 0 Å². The van der Waals surface area contributed by atoms with E-state index in [2.05, 4.69) is 5.32 Å². The molecule has 114 valence electrons. The molecule has 0 aromatic heterocycles. The number of benzene rings is 2. The second-order valence-corrected chi connectivity index (χ2v) is 6.19. The van der Waals surface area contributed by atoms with Crippen LogP contribution in [-0.2, 0) is 5.60 Å². The Morgan fingerprint density at radius 2 is 1.91 bits per heavy atom. The van der Waals surface area contributed by atoms with Crippen molar-refractivity contribution in [3.8, 4) is 0 Å². The molecule has 0 radical (unpaired) electrons. The fourth-order valence-corrected chi connectivity index (χ4v) is 2.91. The highest BCUT2D eigenvalue weighted by atomic mass is 35.5. The molecule has 22 heavy (non-hydrogen) atoms. The van der Waals surface area contributed by atoms with Crippen molar-refractivity contribution in [1.82, 2.24) is 5.32 Å². The lowest BCUT2D eigenvalue weighted by Gasteiger charge is -2.29. The average molecular weight is 316 g/mol. The van der Waals surface area contributed by atoms with Crippen molar-refractivity contribution >= 4 is 17.5 Å². The summed E-state index contributed by atoms with van der Waals surface area (Å²) in [5.41, 5.74) is 0.345. The molecule has 1 fully saturated rings. The van der Waals surface area contributed by atoms with E-state index in [0.29, 0.717) is 10.6 Å². The number of carbonyl (C=O) groups excluding carboxylic acids is 1. The minimum absolute atomic E-state index is 0.201. The Kier molecular flexibility index (Phi) is 4.19. The predicted octanol–water partition coefficient (Wildman–Crippen LogP) is 3.37. The smallest absolute Gasteiger partial charge is 0.251 e. The first-order valence-corrected chi connectivity index (χ1v) is 7.79. The van der Waals surface area contributed by atoms with Gasteiger partial charge in [-0.05, 0) is 42.5 Å². The quantitative estimate of drug-likeness (QED) is 0.888. The topological polar surface area (TPSA) is 49.3 Å². The number of hydrogen-bond acceptors (Lipinski definition) is 2. The summed E-state index contributed by atoms with van der Waals surface area (Å²) >= 11 is 5.91. The molecule has 4 heteroatoms. The molecule has 1 amide bonds. The van der Waals surface area contributed by atoms with Gasteiger partial charge in [-0.25, -0.2) is 0 Å². The SMILES string of the molecule is O=C(NCC(O)(c1ccccc1)C1CC1)c1cccc(Cl)c1. The summed E-state index contributed by atoms with van der Waals surface area (Å²) in [5.74, 6) is -0.0212. The standard InChI is InChI=1S/C18H18ClNO2/c19-16-8-4-5-13(11-16)17(21)20-12-18(22,15-9-10-15)14-6-2-1-3-7-14/h1-8,11,15,22H,9-10,12H2,(H,20,21). The number of aliphatic hydroxyl groups is 1. The Morgan fingerprint density at radius 1 is 1.18 bits per heavy atom. The van der Waals surface area contributed by atoms with Crippen molar-refractivity contribution in [3.05, 3.63) is 70.7 Å². The van der Waals surface area contributed by atoms with Crippen molar-refractivity contribution in [1.29, 1.82) is 0 Å². The van der Waals surface area contributed by atoms with Crippen LogP contribution < -0.4 is 5.32 Å². The fraction of sp³-hybridized carbons (Fsp3) is 0.278. The van der Waals surface area contributed by atoms with Crippen LogP contribution >= 0.6 is 11.6 Å². The lowest BCUT2D eigenvalue weighted by molar-refractivity contribution is 0.0135. The van der Waals surface area contributed by atoms with E-state index in [9.17, 15) is 9.90 Å². The molecule has 0 bridgehead atoms. The van der Waals surface area contributed by atoms with Gasteiger partial charge in [0.1, 0.15) is 5.60 Å². The maximum Gasteiger partial charge on any atom is 0.251 e. The minimum atomic E-state index is -1.00. The molecule has 1 saturated carbocycles. The number of hydrogen-bond donors (Lipinski definition) is 2. The monoisotopic (exact) mass is 315 g/mol. The van der Waals surface area contributed by atoms with Gasteiger partial charge in [-0.15, -0.1) is 0 Å². The van der Waals surface area contributed by atoms with Crippen LogP contribution in [0.15, 0.2) is 54.6 Å². The van der Waals surface area contributed by atoms with Gasteiger partial charge >= 0.3 is 0 Å². The first kappa shape index (κ1) is 15.1.